The van der Waals surface area contributed by atoms with Gasteiger partial charge in [-0.05, 0) is 6.42 Å². The Morgan fingerprint density at radius 3 is 2.47 bits per heavy atom. The molecule has 0 spiro atoms. The highest BCUT2D eigenvalue weighted by Crippen LogP contribution is 2.27. The van der Waals surface area contributed by atoms with E-state index in [1.807, 2.05) is 24.3 Å². The van der Waals surface area contributed by atoms with E-state index in [9.17, 15) is 4.79 Å². The lowest BCUT2D eigenvalue weighted by Gasteiger charge is -2.23. The lowest BCUT2D eigenvalue weighted by molar-refractivity contribution is 0.103. The fraction of sp³-hybridized carbons (Fsp3) is 0.125. The number of carbonyl (C=O) groups excluding carboxylic acids is 1. The Labute approximate surface area is 118 Å². The minimum absolute atomic E-state index is 0.0238. The number of nitrogens with one attached hydrogen (secondary N) is 1. The standard InChI is InChI=1S/C16H15NOS/c1-3-7-13-14(17-10-4-2)16(19)12-9-6-5-8-11(12)15(13)18/h3-6,8-9,17H,1-2,7,10H2. The van der Waals surface area contributed by atoms with Crippen molar-refractivity contribution >= 4 is 22.9 Å². The molecule has 0 fully saturated rings. The molecule has 0 saturated carbocycles. The first-order valence-corrected chi connectivity index (χ1v) is 6.48. The Morgan fingerprint density at radius 2 is 1.84 bits per heavy atom. The van der Waals surface area contributed by atoms with E-state index in [4.69, 9.17) is 12.2 Å². The van der Waals surface area contributed by atoms with Crippen molar-refractivity contribution in [1.29, 1.82) is 0 Å². The van der Waals surface area contributed by atoms with Crippen LogP contribution in [0.5, 0.6) is 0 Å². The third kappa shape index (κ3) is 2.42. The van der Waals surface area contributed by atoms with E-state index in [0.717, 1.165) is 11.3 Å². The number of hydrogen-bond acceptors (Lipinski definition) is 3. The number of thiocarbonyl (C=S) groups is 1. The zero-order chi connectivity index (χ0) is 13.8. The quantitative estimate of drug-likeness (QED) is 0.657. The molecule has 96 valence electrons. The first-order chi connectivity index (χ1) is 9.20. The maximum Gasteiger partial charge on any atom is 0.192 e. The molecule has 0 aliphatic heterocycles. The van der Waals surface area contributed by atoms with Gasteiger partial charge in [0.1, 0.15) is 0 Å². The van der Waals surface area contributed by atoms with E-state index in [1.165, 1.54) is 0 Å². The number of benzene rings is 1. The van der Waals surface area contributed by atoms with E-state index >= 15 is 0 Å². The number of Topliss-reactive ketones (excluding diaryl/α,β-unsaturated/α-hetero) is 1. The van der Waals surface area contributed by atoms with Crippen molar-refractivity contribution in [2.24, 2.45) is 0 Å². The summed E-state index contributed by atoms with van der Waals surface area (Å²) in [5.41, 5.74) is 2.91. The predicted octanol–water partition coefficient (Wildman–Crippen LogP) is 3.21. The van der Waals surface area contributed by atoms with Crippen LogP contribution in [0.2, 0.25) is 0 Å². The van der Waals surface area contributed by atoms with E-state index in [2.05, 4.69) is 18.5 Å². The Bertz CT molecular complexity index is 599. The van der Waals surface area contributed by atoms with Gasteiger partial charge in [-0.2, -0.15) is 0 Å². The molecule has 1 aromatic rings. The van der Waals surface area contributed by atoms with Crippen LogP contribution in [0.4, 0.5) is 0 Å². The minimum atomic E-state index is 0.0238. The third-order valence-electron chi connectivity index (χ3n) is 2.99. The maximum atomic E-state index is 12.5. The van der Waals surface area contributed by atoms with Crippen LogP contribution in [0.1, 0.15) is 22.3 Å². The molecule has 0 unspecified atom stereocenters. The Balaban J connectivity index is 2.54. The Morgan fingerprint density at radius 1 is 1.16 bits per heavy atom. The minimum Gasteiger partial charge on any atom is -0.380 e. The first kappa shape index (κ1) is 13.4. The monoisotopic (exact) mass is 269 g/mol. The number of hydrogen-bond donors (Lipinski definition) is 1. The number of rotatable bonds is 5. The summed E-state index contributed by atoms with van der Waals surface area (Å²) >= 11 is 5.50. The molecule has 0 saturated heterocycles. The fourth-order valence-electron chi connectivity index (χ4n) is 2.13. The van der Waals surface area contributed by atoms with Gasteiger partial charge in [0.25, 0.3) is 0 Å². The van der Waals surface area contributed by atoms with Gasteiger partial charge in [0.2, 0.25) is 0 Å². The highest BCUT2D eigenvalue weighted by molar-refractivity contribution is 7.81. The Kier molecular flexibility index (Phi) is 4.07. The summed E-state index contributed by atoms with van der Waals surface area (Å²) in [6.45, 7) is 7.95. The van der Waals surface area contributed by atoms with Crippen LogP contribution in [0.3, 0.4) is 0 Å². The summed E-state index contributed by atoms with van der Waals surface area (Å²) in [5.74, 6) is 0.0238. The number of carbonyl (C=O) groups is 1. The van der Waals surface area contributed by atoms with Crippen LogP contribution in [-0.2, 0) is 0 Å². The van der Waals surface area contributed by atoms with Gasteiger partial charge in [-0.15, -0.1) is 13.2 Å². The van der Waals surface area contributed by atoms with Crippen LogP contribution >= 0.6 is 12.2 Å². The molecule has 1 aliphatic carbocycles. The molecule has 0 bridgehead atoms. The normalized spacial score (nSPS) is 14.1. The van der Waals surface area contributed by atoms with Gasteiger partial charge in [-0.3, -0.25) is 4.79 Å². The topological polar surface area (TPSA) is 29.1 Å². The molecule has 0 aromatic heterocycles. The van der Waals surface area contributed by atoms with Gasteiger partial charge in [-0.25, -0.2) is 0 Å². The van der Waals surface area contributed by atoms with Gasteiger partial charge < -0.3 is 5.32 Å². The average Bonchev–Trinajstić information content (AvgIpc) is 2.44. The second-order valence-electron chi connectivity index (χ2n) is 4.22. The van der Waals surface area contributed by atoms with Gasteiger partial charge in [0, 0.05) is 23.2 Å². The molecule has 19 heavy (non-hydrogen) atoms. The molecule has 2 nitrogen and oxygen atoms in total. The van der Waals surface area contributed by atoms with Gasteiger partial charge >= 0.3 is 0 Å². The molecule has 0 heterocycles. The van der Waals surface area contributed by atoms with Crippen LogP contribution in [0.15, 0.2) is 60.8 Å². The summed E-state index contributed by atoms with van der Waals surface area (Å²) in [6, 6.07) is 7.45. The second kappa shape index (κ2) is 5.76. The first-order valence-electron chi connectivity index (χ1n) is 6.08. The molecule has 1 aromatic carbocycles. The summed E-state index contributed by atoms with van der Waals surface area (Å²) < 4.78 is 0. The lowest BCUT2D eigenvalue weighted by atomic mass is 9.86. The lowest BCUT2D eigenvalue weighted by Crippen LogP contribution is -2.30. The number of allylic oxidation sites excluding steroid dienone is 3. The van der Waals surface area contributed by atoms with Gasteiger partial charge in [-0.1, -0.05) is 48.6 Å². The van der Waals surface area contributed by atoms with Crippen molar-refractivity contribution in [2.75, 3.05) is 6.54 Å². The van der Waals surface area contributed by atoms with Crippen molar-refractivity contribution in [2.45, 2.75) is 6.42 Å². The van der Waals surface area contributed by atoms with E-state index < -0.39 is 0 Å². The average molecular weight is 269 g/mol. The zero-order valence-electron chi connectivity index (χ0n) is 10.6. The summed E-state index contributed by atoms with van der Waals surface area (Å²) in [7, 11) is 0. The van der Waals surface area contributed by atoms with Crippen molar-refractivity contribution in [1.82, 2.24) is 5.32 Å². The van der Waals surface area contributed by atoms with Crippen molar-refractivity contribution < 1.29 is 4.79 Å². The number of fused-ring (bicyclic) bond motifs is 1. The van der Waals surface area contributed by atoms with E-state index in [0.29, 0.717) is 29.0 Å². The zero-order valence-corrected chi connectivity index (χ0v) is 11.4. The van der Waals surface area contributed by atoms with Crippen molar-refractivity contribution in [3.05, 3.63) is 72.0 Å². The van der Waals surface area contributed by atoms with Crippen molar-refractivity contribution in [3.8, 4) is 0 Å². The molecular weight excluding hydrogens is 254 g/mol. The smallest absolute Gasteiger partial charge is 0.192 e. The summed E-state index contributed by atoms with van der Waals surface area (Å²) in [6.07, 6.45) is 3.97. The van der Waals surface area contributed by atoms with Crippen LogP contribution in [-0.4, -0.2) is 17.2 Å². The van der Waals surface area contributed by atoms with Crippen LogP contribution in [0.25, 0.3) is 0 Å². The van der Waals surface area contributed by atoms with E-state index in [1.54, 1.807) is 12.2 Å². The molecule has 0 atom stereocenters. The van der Waals surface area contributed by atoms with Gasteiger partial charge in [0.15, 0.2) is 5.78 Å². The molecule has 1 N–H and O–H groups in total. The van der Waals surface area contributed by atoms with E-state index in [-0.39, 0.29) is 5.78 Å². The van der Waals surface area contributed by atoms with Crippen molar-refractivity contribution in [3.63, 3.8) is 0 Å². The van der Waals surface area contributed by atoms with Crippen LogP contribution < -0.4 is 5.32 Å². The maximum absolute atomic E-state index is 12.5. The predicted molar refractivity (Wildman–Crippen MR) is 82.5 cm³/mol. The SMILES string of the molecule is C=CCNC1=C(CC=C)C(=O)c2ccccc2C1=S. The highest BCUT2D eigenvalue weighted by Gasteiger charge is 2.28. The second-order valence-corrected chi connectivity index (χ2v) is 4.63. The van der Waals surface area contributed by atoms with Crippen LogP contribution in [0, 0.1) is 0 Å². The molecular formula is C16H15NOS. The fourth-order valence-corrected chi connectivity index (χ4v) is 2.50. The Hall–Kier alpha value is -2.00. The molecule has 0 radical (unpaired) electrons. The molecule has 2 rings (SSSR count). The molecule has 3 heteroatoms. The highest BCUT2D eigenvalue weighted by atomic mass is 32.1. The summed E-state index contributed by atoms with van der Waals surface area (Å²) in [4.78, 5) is 13.2. The molecule has 0 amide bonds. The third-order valence-corrected chi connectivity index (χ3v) is 3.41. The van der Waals surface area contributed by atoms with Gasteiger partial charge in [0.05, 0.1) is 10.6 Å². The summed E-state index contributed by atoms with van der Waals surface area (Å²) in [5, 5.41) is 3.18. The largest absolute Gasteiger partial charge is 0.380 e. The number of ketones is 1. The molecule has 1 aliphatic rings.